The fraction of sp³-hybridized carbons (Fsp3) is 0.435. The molecule has 1 aliphatic carbocycles. The Balaban J connectivity index is 1.48. The number of thioether (sulfide) groups is 1. The molecule has 0 radical (unpaired) electrons. The van der Waals surface area contributed by atoms with Crippen LogP contribution in [-0.4, -0.2) is 22.5 Å². The van der Waals surface area contributed by atoms with E-state index in [0.717, 1.165) is 46.7 Å². The van der Waals surface area contributed by atoms with Crippen LogP contribution in [0.2, 0.25) is 0 Å². The lowest BCUT2D eigenvalue weighted by Gasteiger charge is -2.28. The molecule has 3 unspecified atom stereocenters. The zero-order valence-corrected chi connectivity index (χ0v) is 16.9. The highest BCUT2D eigenvalue weighted by atomic mass is 32.2. The van der Waals surface area contributed by atoms with E-state index in [-0.39, 0.29) is 24.4 Å². The molecule has 5 heteroatoms. The highest BCUT2D eigenvalue weighted by Gasteiger charge is 2.35. The van der Waals surface area contributed by atoms with Crippen LogP contribution in [0.5, 0.6) is 0 Å². The molecule has 4 nitrogen and oxygen atoms in total. The summed E-state index contributed by atoms with van der Waals surface area (Å²) >= 11 is 1.77. The molecule has 0 spiro atoms. The number of carbonyl (C=O) groups is 2. The standard InChI is InChI=1S/C23H25NO3S/c1-15(23(26)27-13-18-7-4-5-11-24-18)16-9-10-20-21(12-16)28-14-17-6-2-3-8-19(17)22(20)25/h4-5,7,9-12,15,17,19H,2-3,6,8,13-14H2,1H3. The van der Waals surface area contributed by atoms with Gasteiger partial charge >= 0.3 is 5.97 Å². The summed E-state index contributed by atoms with van der Waals surface area (Å²) in [6, 6.07) is 11.4. The van der Waals surface area contributed by atoms with Gasteiger partial charge < -0.3 is 4.74 Å². The molecule has 0 amide bonds. The Bertz CT molecular complexity index is 867. The van der Waals surface area contributed by atoms with Crippen LogP contribution in [0.4, 0.5) is 0 Å². The van der Waals surface area contributed by atoms with E-state index in [2.05, 4.69) is 4.98 Å². The summed E-state index contributed by atoms with van der Waals surface area (Å²) in [6.45, 7) is 2.02. The van der Waals surface area contributed by atoms with Crippen molar-refractivity contribution in [2.75, 3.05) is 5.75 Å². The zero-order chi connectivity index (χ0) is 19.5. The molecule has 0 bridgehead atoms. The van der Waals surface area contributed by atoms with Gasteiger partial charge in [0.1, 0.15) is 6.61 Å². The van der Waals surface area contributed by atoms with Crippen molar-refractivity contribution in [1.82, 2.24) is 4.98 Å². The average Bonchev–Trinajstić information content (AvgIpc) is 2.89. The maximum atomic E-state index is 13.0. The Morgan fingerprint density at radius 1 is 1.25 bits per heavy atom. The van der Waals surface area contributed by atoms with Crippen LogP contribution in [0.3, 0.4) is 0 Å². The Labute approximate surface area is 170 Å². The van der Waals surface area contributed by atoms with Crippen LogP contribution < -0.4 is 0 Å². The number of Topliss-reactive ketones (excluding diaryl/α,β-unsaturated/α-hetero) is 1. The zero-order valence-electron chi connectivity index (χ0n) is 16.1. The van der Waals surface area contributed by atoms with E-state index < -0.39 is 0 Å². The molecule has 0 saturated heterocycles. The van der Waals surface area contributed by atoms with Gasteiger partial charge in [-0.2, -0.15) is 0 Å². The van der Waals surface area contributed by atoms with Gasteiger partial charge in [0, 0.05) is 28.3 Å². The van der Waals surface area contributed by atoms with Gasteiger partial charge in [-0.15, -0.1) is 11.8 Å². The van der Waals surface area contributed by atoms with Gasteiger partial charge in [-0.05, 0) is 55.5 Å². The molecule has 28 heavy (non-hydrogen) atoms. The van der Waals surface area contributed by atoms with Crippen molar-refractivity contribution in [2.45, 2.75) is 50.0 Å². The minimum Gasteiger partial charge on any atom is -0.459 e. The average molecular weight is 396 g/mol. The Kier molecular flexibility index (Phi) is 5.81. The Hall–Kier alpha value is -2.14. The molecule has 1 aliphatic heterocycles. The summed E-state index contributed by atoms with van der Waals surface area (Å²) in [6.07, 6.45) is 6.24. The van der Waals surface area contributed by atoms with E-state index in [1.807, 2.05) is 43.3 Å². The van der Waals surface area contributed by atoms with Crippen molar-refractivity contribution in [1.29, 1.82) is 0 Å². The monoisotopic (exact) mass is 395 g/mol. The number of nitrogens with zero attached hydrogens (tertiary/aromatic N) is 1. The van der Waals surface area contributed by atoms with Gasteiger partial charge in [0.15, 0.2) is 5.78 Å². The normalized spacial score (nSPS) is 22.5. The number of hydrogen-bond donors (Lipinski definition) is 0. The number of rotatable bonds is 4. The minimum atomic E-state index is -0.379. The third-order valence-corrected chi connectivity index (χ3v) is 7.16. The molecule has 146 valence electrons. The molecule has 1 aromatic heterocycles. The Morgan fingerprint density at radius 3 is 2.93 bits per heavy atom. The van der Waals surface area contributed by atoms with E-state index in [1.165, 1.54) is 6.42 Å². The lowest BCUT2D eigenvalue weighted by molar-refractivity contribution is -0.146. The number of aromatic nitrogens is 1. The van der Waals surface area contributed by atoms with Crippen molar-refractivity contribution in [3.8, 4) is 0 Å². The minimum absolute atomic E-state index is 0.172. The summed E-state index contributed by atoms with van der Waals surface area (Å²) in [4.78, 5) is 30.7. The summed E-state index contributed by atoms with van der Waals surface area (Å²) in [7, 11) is 0. The predicted octanol–water partition coefficient (Wildman–Crippen LogP) is 5.02. The lowest BCUT2D eigenvalue weighted by Crippen LogP contribution is -2.27. The molecule has 0 N–H and O–H groups in total. The van der Waals surface area contributed by atoms with Crippen LogP contribution in [0.15, 0.2) is 47.5 Å². The summed E-state index contributed by atoms with van der Waals surface area (Å²) in [5, 5.41) is 0. The molecule has 3 atom stereocenters. The highest BCUT2D eigenvalue weighted by molar-refractivity contribution is 7.99. The lowest BCUT2D eigenvalue weighted by atomic mass is 9.76. The summed E-state index contributed by atoms with van der Waals surface area (Å²) in [5.41, 5.74) is 2.46. The van der Waals surface area contributed by atoms with E-state index in [9.17, 15) is 9.59 Å². The number of ether oxygens (including phenoxy) is 1. The third kappa shape index (κ3) is 4.00. The molecule has 1 saturated carbocycles. The molecule has 2 heterocycles. The number of pyridine rings is 1. The fourth-order valence-corrected chi connectivity index (χ4v) is 5.51. The van der Waals surface area contributed by atoms with E-state index in [1.54, 1.807) is 18.0 Å². The largest absolute Gasteiger partial charge is 0.459 e. The second-order valence-electron chi connectivity index (χ2n) is 7.73. The van der Waals surface area contributed by atoms with Gasteiger partial charge in [0.2, 0.25) is 0 Å². The molecule has 2 aliphatic rings. The maximum absolute atomic E-state index is 13.0. The summed E-state index contributed by atoms with van der Waals surface area (Å²) < 4.78 is 5.44. The van der Waals surface area contributed by atoms with Crippen LogP contribution in [0, 0.1) is 11.8 Å². The predicted molar refractivity (Wildman–Crippen MR) is 109 cm³/mol. The topological polar surface area (TPSA) is 56.3 Å². The smallest absolute Gasteiger partial charge is 0.313 e. The molecule has 4 rings (SSSR count). The van der Waals surface area contributed by atoms with Crippen molar-refractivity contribution < 1.29 is 14.3 Å². The highest BCUT2D eigenvalue weighted by Crippen LogP contribution is 2.42. The molecular weight excluding hydrogens is 370 g/mol. The van der Waals surface area contributed by atoms with Crippen molar-refractivity contribution in [3.05, 3.63) is 59.4 Å². The van der Waals surface area contributed by atoms with Crippen molar-refractivity contribution in [2.24, 2.45) is 11.8 Å². The first-order valence-electron chi connectivity index (χ1n) is 10.0. The number of esters is 1. The van der Waals surface area contributed by atoms with Gasteiger partial charge in [0.05, 0.1) is 11.6 Å². The van der Waals surface area contributed by atoms with Crippen molar-refractivity contribution >= 4 is 23.5 Å². The first-order valence-corrected chi connectivity index (χ1v) is 11.0. The third-order valence-electron chi connectivity index (χ3n) is 5.91. The second kappa shape index (κ2) is 8.48. The number of benzene rings is 1. The van der Waals surface area contributed by atoms with Gasteiger partial charge in [-0.1, -0.05) is 25.0 Å². The number of hydrogen-bond acceptors (Lipinski definition) is 5. The maximum Gasteiger partial charge on any atom is 0.313 e. The van der Waals surface area contributed by atoms with E-state index in [0.29, 0.717) is 11.7 Å². The van der Waals surface area contributed by atoms with Gasteiger partial charge in [0.25, 0.3) is 0 Å². The van der Waals surface area contributed by atoms with Gasteiger partial charge in [-0.25, -0.2) is 0 Å². The van der Waals surface area contributed by atoms with Crippen LogP contribution in [0.25, 0.3) is 0 Å². The molecular formula is C23H25NO3S. The second-order valence-corrected chi connectivity index (χ2v) is 8.79. The van der Waals surface area contributed by atoms with Crippen LogP contribution >= 0.6 is 11.8 Å². The number of ketones is 1. The number of fused-ring (bicyclic) bond motifs is 2. The number of carbonyl (C=O) groups excluding carboxylic acids is 2. The summed E-state index contributed by atoms with van der Waals surface area (Å²) in [5.74, 6) is 1.30. The first kappa shape index (κ1) is 19.2. The van der Waals surface area contributed by atoms with E-state index >= 15 is 0 Å². The first-order chi connectivity index (χ1) is 13.6. The molecule has 1 fully saturated rings. The van der Waals surface area contributed by atoms with Crippen LogP contribution in [0.1, 0.15) is 60.1 Å². The van der Waals surface area contributed by atoms with Crippen LogP contribution in [-0.2, 0) is 16.1 Å². The quantitative estimate of drug-likeness (QED) is 0.680. The Morgan fingerprint density at radius 2 is 2.11 bits per heavy atom. The SMILES string of the molecule is CC(C(=O)OCc1ccccn1)c1ccc2c(c1)SCC1CCCCC1C2=O. The van der Waals surface area contributed by atoms with Crippen molar-refractivity contribution in [3.63, 3.8) is 0 Å². The fourth-order valence-electron chi connectivity index (χ4n) is 4.17. The molecule has 1 aromatic carbocycles. The molecule has 2 aromatic rings. The van der Waals surface area contributed by atoms with Gasteiger partial charge in [-0.3, -0.25) is 14.6 Å². The van der Waals surface area contributed by atoms with E-state index in [4.69, 9.17) is 4.74 Å².